The summed E-state index contributed by atoms with van der Waals surface area (Å²) < 4.78 is 0. The molecule has 0 bridgehead atoms. The van der Waals surface area contributed by atoms with Gasteiger partial charge in [-0.25, -0.2) is 0 Å². The van der Waals surface area contributed by atoms with Crippen molar-refractivity contribution in [2.75, 3.05) is 19.6 Å². The molecule has 12 N–H and O–H groups in total. The standard InChI is InChI=1S/C43H54N10O4/c1-29(54)51-38(28-31-18-22-35(23-19-31)33-13-6-3-7-14-33)41(57)52-36(15-10-26-50-43(46)47)40(56)53-37(39(55)48-24-8-9-25-49-42(44)45)27-30-16-20-34(21-17-30)32-11-4-2-5-12-32/h2-7,11-14,16-23,36-38H,8-10,15,24-28H2,1H3,(H,48,55)(H,51,54)(H,52,57)(H,53,56)(H4,44,45,49)(H4,46,47,50)/t36-,37-,38-/m0/s1. The zero-order valence-electron chi connectivity index (χ0n) is 32.3. The van der Waals surface area contributed by atoms with Gasteiger partial charge in [0.2, 0.25) is 23.6 Å². The molecule has 0 aliphatic carbocycles. The molecule has 0 unspecified atom stereocenters. The van der Waals surface area contributed by atoms with E-state index in [1.807, 2.05) is 109 Å². The van der Waals surface area contributed by atoms with Crippen molar-refractivity contribution in [2.45, 2.75) is 63.6 Å². The number of carbonyl (C=O) groups excluding carboxylic acids is 4. The van der Waals surface area contributed by atoms with Gasteiger partial charge in [0.15, 0.2) is 11.9 Å². The highest BCUT2D eigenvalue weighted by atomic mass is 16.2. The summed E-state index contributed by atoms with van der Waals surface area (Å²) in [5.74, 6) is -2.29. The number of rotatable bonds is 21. The maximum Gasteiger partial charge on any atom is 0.243 e. The Kier molecular flexibility index (Phi) is 17.1. The topological polar surface area (TPSA) is 240 Å². The second kappa shape index (κ2) is 22.6. The first-order chi connectivity index (χ1) is 27.5. The van der Waals surface area contributed by atoms with E-state index in [0.29, 0.717) is 32.4 Å². The molecular weight excluding hydrogens is 721 g/mol. The number of unbranched alkanes of at least 4 members (excludes halogenated alkanes) is 1. The van der Waals surface area contributed by atoms with Crippen molar-refractivity contribution in [3.8, 4) is 22.3 Å². The van der Waals surface area contributed by atoms with Gasteiger partial charge in [-0.3, -0.25) is 30.0 Å². The molecule has 0 fully saturated rings. The third-order valence-electron chi connectivity index (χ3n) is 9.16. The molecule has 4 amide bonds. The van der Waals surface area contributed by atoms with E-state index >= 15 is 0 Å². The fourth-order valence-electron chi connectivity index (χ4n) is 6.21. The summed E-state index contributed by atoms with van der Waals surface area (Å²) in [5.41, 5.74) is 16.6. The minimum Gasteiger partial charge on any atom is -0.370 e. The van der Waals surface area contributed by atoms with Crippen LogP contribution in [-0.2, 0) is 32.0 Å². The number of nitrogens with one attached hydrogen (secondary N) is 8. The van der Waals surface area contributed by atoms with Crippen molar-refractivity contribution in [1.29, 1.82) is 10.8 Å². The summed E-state index contributed by atoms with van der Waals surface area (Å²) in [6, 6.07) is 32.2. The Bertz CT molecular complexity index is 1920. The van der Waals surface area contributed by atoms with Crippen molar-refractivity contribution < 1.29 is 19.2 Å². The fourth-order valence-corrected chi connectivity index (χ4v) is 6.21. The molecule has 57 heavy (non-hydrogen) atoms. The molecule has 14 heteroatoms. The van der Waals surface area contributed by atoms with E-state index < -0.39 is 41.8 Å². The van der Waals surface area contributed by atoms with Crippen LogP contribution in [-0.4, -0.2) is 73.3 Å². The number of carbonyl (C=O) groups is 4. The van der Waals surface area contributed by atoms with Crippen molar-refractivity contribution in [3.05, 3.63) is 120 Å². The number of hydrogen-bond donors (Lipinski definition) is 10. The molecule has 3 atom stereocenters. The Labute approximate surface area is 334 Å². The molecule has 0 spiro atoms. The Balaban J connectivity index is 1.51. The fraction of sp³-hybridized carbons (Fsp3) is 0.302. The Hall–Kier alpha value is -6.70. The van der Waals surface area contributed by atoms with E-state index in [-0.39, 0.29) is 37.7 Å². The molecule has 300 valence electrons. The molecule has 0 aliphatic heterocycles. The minimum atomic E-state index is -1.09. The number of guanidine groups is 2. The lowest BCUT2D eigenvalue weighted by Gasteiger charge is -2.26. The zero-order valence-corrected chi connectivity index (χ0v) is 32.3. The van der Waals surface area contributed by atoms with Gasteiger partial charge >= 0.3 is 0 Å². The van der Waals surface area contributed by atoms with Crippen molar-refractivity contribution >= 4 is 35.5 Å². The van der Waals surface area contributed by atoms with Crippen LogP contribution in [0.2, 0.25) is 0 Å². The molecular formula is C43H54N10O4. The first-order valence-corrected chi connectivity index (χ1v) is 19.1. The molecule has 0 heterocycles. The number of amides is 4. The van der Waals surface area contributed by atoms with Crippen molar-refractivity contribution in [3.63, 3.8) is 0 Å². The van der Waals surface area contributed by atoms with Gasteiger partial charge in [-0.15, -0.1) is 0 Å². The minimum absolute atomic E-state index is 0.125. The first kappa shape index (κ1) is 43.0. The third-order valence-corrected chi connectivity index (χ3v) is 9.16. The van der Waals surface area contributed by atoms with Gasteiger partial charge in [0.1, 0.15) is 18.1 Å². The normalized spacial score (nSPS) is 12.2. The number of hydrogen-bond acceptors (Lipinski definition) is 6. The molecule has 0 radical (unpaired) electrons. The summed E-state index contributed by atoms with van der Waals surface area (Å²) in [4.78, 5) is 53.9. The molecule has 0 saturated heterocycles. The van der Waals surface area contributed by atoms with Gasteiger partial charge in [0, 0.05) is 39.4 Å². The third kappa shape index (κ3) is 15.2. The van der Waals surface area contributed by atoms with Gasteiger partial charge in [0.25, 0.3) is 0 Å². The summed E-state index contributed by atoms with van der Waals surface area (Å²) in [6.45, 7) is 2.41. The van der Waals surface area contributed by atoms with Crippen LogP contribution in [0.5, 0.6) is 0 Å². The molecule has 0 aliphatic rings. The SMILES string of the molecule is CC(=O)N[C@@H](Cc1ccc(-c2ccccc2)cc1)C(=O)N[C@@H](CCCNC(=N)N)C(=O)N[C@@H](Cc1ccc(-c2ccccc2)cc1)C(=O)NCCCCNC(=N)N. The molecule has 0 saturated carbocycles. The molecule has 0 aromatic heterocycles. The van der Waals surface area contributed by atoms with Crippen LogP contribution >= 0.6 is 0 Å². The van der Waals surface area contributed by atoms with Gasteiger partial charge in [-0.2, -0.15) is 0 Å². The summed E-state index contributed by atoms with van der Waals surface area (Å²) in [7, 11) is 0. The van der Waals surface area contributed by atoms with Crippen molar-refractivity contribution in [2.24, 2.45) is 11.5 Å². The maximum absolute atomic E-state index is 14.1. The molecule has 4 aromatic carbocycles. The predicted molar refractivity (Wildman–Crippen MR) is 224 cm³/mol. The average Bonchev–Trinajstić information content (AvgIpc) is 3.20. The van der Waals surface area contributed by atoms with Crippen LogP contribution in [0.15, 0.2) is 109 Å². The number of benzene rings is 4. The predicted octanol–water partition coefficient (Wildman–Crippen LogP) is 2.92. The van der Waals surface area contributed by atoms with Crippen LogP contribution in [0.25, 0.3) is 22.3 Å². The second-order valence-electron chi connectivity index (χ2n) is 13.7. The Morgan fingerprint density at radius 2 is 0.877 bits per heavy atom. The van der Waals surface area contributed by atoms with Crippen LogP contribution in [0.1, 0.15) is 43.7 Å². The van der Waals surface area contributed by atoms with Gasteiger partial charge in [0.05, 0.1) is 0 Å². The van der Waals surface area contributed by atoms with E-state index in [4.69, 9.17) is 22.3 Å². The highest BCUT2D eigenvalue weighted by Crippen LogP contribution is 2.21. The van der Waals surface area contributed by atoms with Gasteiger partial charge in [-0.05, 0) is 59.1 Å². The Morgan fingerprint density at radius 1 is 0.491 bits per heavy atom. The summed E-state index contributed by atoms with van der Waals surface area (Å²) in [5, 5.41) is 31.6. The van der Waals surface area contributed by atoms with E-state index in [2.05, 4.69) is 31.9 Å². The summed E-state index contributed by atoms with van der Waals surface area (Å²) >= 11 is 0. The largest absolute Gasteiger partial charge is 0.370 e. The van der Waals surface area contributed by atoms with Gasteiger partial charge in [-0.1, -0.05) is 109 Å². The highest BCUT2D eigenvalue weighted by Gasteiger charge is 2.29. The lowest BCUT2D eigenvalue weighted by atomic mass is 9.99. The molecule has 4 aromatic rings. The van der Waals surface area contributed by atoms with E-state index in [9.17, 15) is 19.2 Å². The quantitative estimate of drug-likeness (QED) is 0.0342. The van der Waals surface area contributed by atoms with E-state index in [1.165, 1.54) is 6.92 Å². The second-order valence-corrected chi connectivity index (χ2v) is 13.7. The molecule has 14 nitrogen and oxygen atoms in total. The maximum atomic E-state index is 14.1. The van der Waals surface area contributed by atoms with E-state index in [0.717, 1.165) is 33.4 Å². The molecule has 4 rings (SSSR count). The number of nitrogens with two attached hydrogens (primary N) is 2. The summed E-state index contributed by atoms with van der Waals surface area (Å²) in [6.07, 6.45) is 2.13. The average molecular weight is 775 g/mol. The van der Waals surface area contributed by atoms with Crippen LogP contribution in [0, 0.1) is 10.8 Å². The lowest BCUT2D eigenvalue weighted by Crippen LogP contribution is -2.57. The van der Waals surface area contributed by atoms with Crippen molar-refractivity contribution in [1.82, 2.24) is 31.9 Å². The monoisotopic (exact) mass is 774 g/mol. The zero-order chi connectivity index (χ0) is 41.0. The first-order valence-electron chi connectivity index (χ1n) is 19.1. The smallest absolute Gasteiger partial charge is 0.243 e. The van der Waals surface area contributed by atoms with Gasteiger partial charge < -0.3 is 43.4 Å². The van der Waals surface area contributed by atoms with E-state index in [1.54, 1.807) is 0 Å². The lowest BCUT2D eigenvalue weighted by molar-refractivity contribution is -0.133. The van der Waals surface area contributed by atoms with Crippen LogP contribution < -0.4 is 43.4 Å². The Morgan fingerprint density at radius 3 is 1.33 bits per heavy atom. The highest BCUT2D eigenvalue weighted by molar-refractivity contribution is 5.94. The van der Waals surface area contributed by atoms with Crippen LogP contribution in [0.4, 0.5) is 0 Å². The van der Waals surface area contributed by atoms with Crippen LogP contribution in [0.3, 0.4) is 0 Å².